The number of carbonyl (C=O) groups is 1. The molecule has 1 amide bonds. The van der Waals surface area contributed by atoms with E-state index in [4.69, 9.17) is 4.74 Å². The van der Waals surface area contributed by atoms with Gasteiger partial charge in [-0.1, -0.05) is 13.8 Å². The van der Waals surface area contributed by atoms with E-state index in [9.17, 15) is 9.18 Å². The molecular weight excluding hydrogens is 411 g/mol. The molecule has 0 saturated carbocycles. The number of anilines is 3. The van der Waals surface area contributed by atoms with E-state index in [1.54, 1.807) is 29.4 Å². The summed E-state index contributed by atoms with van der Waals surface area (Å²) in [5, 5.41) is 6.12. The zero-order valence-corrected chi connectivity index (χ0v) is 17.9. The number of fused-ring (bicyclic) bond motifs is 1. The lowest BCUT2D eigenvalue weighted by Gasteiger charge is -2.27. The topological polar surface area (TPSA) is 92.3 Å². The summed E-state index contributed by atoms with van der Waals surface area (Å²) in [4.78, 5) is 26.9. The van der Waals surface area contributed by atoms with Crippen molar-refractivity contribution in [3.63, 3.8) is 0 Å². The van der Waals surface area contributed by atoms with E-state index in [0.717, 1.165) is 17.8 Å². The van der Waals surface area contributed by atoms with Gasteiger partial charge in [0.1, 0.15) is 5.82 Å². The normalized spacial score (nSPS) is 17.1. The number of hydrogen-bond donors (Lipinski definition) is 2. The number of carbonyl (C=O) groups excluding carboxylic acids is 1. The minimum absolute atomic E-state index is 0.0185. The SMILES string of the molecule is CC1(C)COc2c(F)cc(-c3ccnc(Nc4ccc(N5CCNCC5=O)cn4)n3)cc21. The summed E-state index contributed by atoms with van der Waals surface area (Å²) in [7, 11) is 0. The first-order valence-corrected chi connectivity index (χ1v) is 10.5. The van der Waals surface area contributed by atoms with Crippen LogP contribution in [0.15, 0.2) is 42.7 Å². The number of benzene rings is 1. The monoisotopic (exact) mass is 434 g/mol. The first-order chi connectivity index (χ1) is 15.4. The molecule has 8 nitrogen and oxygen atoms in total. The van der Waals surface area contributed by atoms with Gasteiger partial charge in [0.05, 0.1) is 30.7 Å². The van der Waals surface area contributed by atoms with Crippen LogP contribution in [-0.4, -0.2) is 47.1 Å². The Kier molecular flexibility index (Phi) is 4.97. The number of piperazine rings is 1. The van der Waals surface area contributed by atoms with Gasteiger partial charge in [-0.2, -0.15) is 0 Å². The molecule has 0 atom stereocenters. The lowest BCUT2D eigenvalue weighted by molar-refractivity contribution is -0.118. The number of hydrogen-bond acceptors (Lipinski definition) is 7. The van der Waals surface area contributed by atoms with Gasteiger partial charge >= 0.3 is 0 Å². The van der Waals surface area contributed by atoms with Crippen molar-refractivity contribution in [2.45, 2.75) is 19.3 Å². The second kappa shape index (κ2) is 7.83. The lowest BCUT2D eigenvalue weighted by Crippen LogP contribution is -2.48. The number of nitrogens with zero attached hydrogens (tertiary/aromatic N) is 4. The fraction of sp³-hybridized carbons (Fsp3) is 0.304. The quantitative estimate of drug-likeness (QED) is 0.652. The maximum atomic E-state index is 14.6. The maximum Gasteiger partial charge on any atom is 0.241 e. The van der Waals surface area contributed by atoms with Gasteiger partial charge < -0.3 is 20.3 Å². The zero-order chi connectivity index (χ0) is 22.3. The summed E-state index contributed by atoms with van der Waals surface area (Å²) in [6.45, 7) is 6.18. The smallest absolute Gasteiger partial charge is 0.241 e. The molecule has 0 aliphatic carbocycles. The minimum atomic E-state index is -0.393. The van der Waals surface area contributed by atoms with Crippen LogP contribution >= 0.6 is 0 Å². The van der Waals surface area contributed by atoms with E-state index in [2.05, 4.69) is 25.6 Å². The van der Waals surface area contributed by atoms with Crippen molar-refractivity contribution in [1.82, 2.24) is 20.3 Å². The number of rotatable bonds is 4. The van der Waals surface area contributed by atoms with Gasteiger partial charge in [-0.3, -0.25) is 4.79 Å². The van der Waals surface area contributed by atoms with E-state index in [1.807, 2.05) is 26.0 Å². The van der Waals surface area contributed by atoms with Crippen molar-refractivity contribution in [2.75, 3.05) is 36.5 Å². The molecule has 2 aliphatic rings. The molecule has 164 valence electrons. The maximum absolute atomic E-state index is 14.6. The van der Waals surface area contributed by atoms with Gasteiger partial charge in [0.15, 0.2) is 11.6 Å². The summed E-state index contributed by atoms with van der Waals surface area (Å²) in [5.41, 5.74) is 2.56. The molecule has 2 aromatic heterocycles. The van der Waals surface area contributed by atoms with Crippen LogP contribution < -0.4 is 20.3 Å². The highest BCUT2D eigenvalue weighted by atomic mass is 19.1. The number of pyridine rings is 1. The Labute approximate surface area is 184 Å². The summed E-state index contributed by atoms with van der Waals surface area (Å²) in [6.07, 6.45) is 3.26. The molecule has 5 rings (SSSR count). The molecule has 2 N–H and O–H groups in total. The zero-order valence-electron chi connectivity index (χ0n) is 17.9. The average molecular weight is 434 g/mol. The van der Waals surface area contributed by atoms with Gasteiger partial charge in [0.25, 0.3) is 0 Å². The number of amides is 1. The third-order valence-electron chi connectivity index (χ3n) is 5.69. The van der Waals surface area contributed by atoms with Crippen molar-refractivity contribution in [1.29, 1.82) is 0 Å². The molecule has 1 aromatic carbocycles. The molecule has 0 spiro atoms. The van der Waals surface area contributed by atoms with Crippen molar-refractivity contribution in [3.05, 3.63) is 54.1 Å². The van der Waals surface area contributed by atoms with E-state index in [0.29, 0.717) is 48.5 Å². The molecule has 2 aliphatic heterocycles. The van der Waals surface area contributed by atoms with Crippen LogP contribution in [0.25, 0.3) is 11.3 Å². The van der Waals surface area contributed by atoms with Crippen LogP contribution in [0.4, 0.5) is 21.8 Å². The van der Waals surface area contributed by atoms with Crippen LogP contribution in [0.2, 0.25) is 0 Å². The highest BCUT2D eigenvalue weighted by Crippen LogP contribution is 2.42. The van der Waals surface area contributed by atoms with E-state index < -0.39 is 5.82 Å². The standard InChI is InChI=1S/C23H23FN6O2/c1-23(2)13-32-21-16(23)9-14(10-17(21)24)18-5-6-26-22(28-18)29-19-4-3-15(11-27-19)30-8-7-25-12-20(30)31/h3-6,9-11,25H,7-8,12-13H2,1-2H3,(H,26,27,28,29). The second-order valence-electron chi connectivity index (χ2n) is 8.52. The van der Waals surface area contributed by atoms with Crippen molar-refractivity contribution < 1.29 is 13.9 Å². The summed E-state index contributed by atoms with van der Waals surface area (Å²) in [6, 6.07) is 8.70. The van der Waals surface area contributed by atoms with Gasteiger partial charge in [-0.15, -0.1) is 0 Å². The Morgan fingerprint density at radius 3 is 2.88 bits per heavy atom. The fourth-order valence-corrected chi connectivity index (χ4v) is 3.91. The largest absolute Gasteiger partial charge is 0.489 e. The average Bonchev–Trinajstić information content (AvgIpc) is 3.10. The van der Waals surface area contributed by atoms with Crippen LogP contribution in [0.5, 0.6) is 5.75 Å². The summed E-state index contributed by atoms with van der Waals surface area (Å²) in [5.74, 6) is 0.833. The molecule has 9 heteroatoms. The molecule has 3 aromatic rings. The Balaban J connectivity index is 1.37. The highest BCUT2D eigenvalue weighted by molar-refractivity contribution is 5.95. The Morgan fingerprint density at radius 1 is 1.22 bits per heavy atom. The first kappa shape index (κ1) is 20.3. The second-order valence-corrected chi connectivity index (χ2v) is 8.52. The van der Waals surface area contributed by atoms with Crippen LogP contribution in [0.3, 0.4) is 0 Å². The van der Waals surface area contributed by atoms with Gasteiger partial charge in [-0.05, 0) is 30.3 Å². The summed E-state index contributed by atoms with van der Waals surface area (Å²) < 4.78 is 20.2. The molecule has 0 radical (unpaired) electrons. The van der Waals surface area contributed by atoms with Crippen molar-refractivity contribution in [2.24, 2.45) is 0 Å². The van der Waals surface area contributed by atoms with Crippen LogP contribution in [0.1, 0.15) is 19.4 Å². The van der Waals surface area contributed by atoms with Crippen molar-refractivity contribution in [3.8, 4) is 17.0 Å². The number of halogens is 1. The molecule has 4 heterocycles. The number of nitrogens with one attached hydrogen (secondary N) is 2. The molecule has 1 fully saturated rings. The fourth-order valence-electron chi connectivity index (χ4n) is 3.91. The number of ether oxygens (including phenoxy) is 1. The molecule has 0 unspecified atom stereocenters. The third kappa shape index (κ3) is 3.75. The molecular formula is C23H23FN6O2. The van der Waals surface area contributed by atoms with E-state index >= 15 is 0 Å². The first-order valence-electron chi connectivity index (χ1n) is 10.5. The van der Waals surface area contributed by atoms with Gasteiger partial charge in [0.2, 0.25) is 11.9 Å². The molecule has 32 heavy (non-hydrogen) atoms. The van der Waals surface area contributed by atoms with Gasteiger partial charge in [-0.25, -0.2) is 19.3 Å². The van der Waals surface area contributed by atoms with Gasteiger partial charge in [0, 0.05) is 35.8 Å². The Morgan fingerprint density at radius 2 is 2.09 bits per heavy atom. The predicted molar refractivity (Wildman–Crippen MR) is 119 cm³/mol. The third-order valence-corrected chi connectivity index (χ3v) is 5.69. The number of aromatic nitrogens is 3. The molecule has 1 saturated heterocycles. The van der Waals surface area contributed by atoms with Crippen molar-refractivity contribution >= 4 is 23.4 Å². The highest BCUT2D eigenvalue weighted by Gasteiger charge is 2.34. The van der Waals surface area contributed by atoms with Crippen LogP contribution in [-0.2, 0) is 10.2 Å². The Bertz CT molecular complexity index is 1180. The van der Waals surface area contributed by atoms with E-state index in [-0.39, 0.29) is 11.3 Å². The van der Waals surface area contributed by atoms with Crippen LogP contribution in [0, 0.1) is 5.82 Å². The summed E-state index contributed by atoms with van der Waals surface area (Å²) >= 11 is 0. The Hall–Kier alpha value is -3.59. The minimum Gasteiger partial charge on any atom is -0.489 e. The van der Waals surface area contributed by atoms with E-state index in [1.165, 1.54) is 6.07 Å². The predicted octanol–water partition coefficient (Wildman–Crippen LogP) is 3.03. The molecule has 0 bridgehead atoms. The lowest BCUT2D eigenvalue weighted by atomic mass is 9.86.